The van der Waals surface area contributed by atoms with Crippen LogP contribution < -0.4 is 10.0 Å². The molecule has 1 amide bonds. The number of anilines is 2. The first-order chi connectivity index (χ1) is 13.1. The second kappa shape index (κ2) is 8.48. The molecule has 0 aliphatic carbocycles. The van der Waals surface area contributed by atoms with Gasteiger partial charge in [-0.3, -0.25) is 19.6 Å². The van der Waals surface area contributed by atoms with Gasteiger partial charge in [0, 0.05) is 6.07 Å². The summed E-state index contributed by atoms with van der Waals surface area (Å²) >= 11 is 0. The molecule has 0 saturated carbocycles. The molecule has 0 atom stereocenters. The predicted octanol–water partition coefficient (Wildman–Crippen LogP) is 2.07. The molecule has 0 unspecified atom stereocenters. The zero-order valence-corrected chi connectivity index (χ0v) is 15.8. The molecule has 0 fully saturated rings. The van der Waals surface area contributed by atoms with Gasteiger partial charge in [-0.05, 0) is 30.7 Å². The Labute approximate surface area is 160 Å². The lowest BCUT2D eigenvalue weighted by Gasteiger charge is -2.11. The average molecular weight is 407 g/mol. The summed E-state index contributed by atoms with van der Waals surface area (Å²) in [5.74, 6) is -1.71. The van der Waals surface area contributed by atoms with Gasteiger partial charge in [0.1, 0.15) is 5.69 Å². The SMILES string of the molecule is Cc1ccc(NC(=O)COC(=O)c2ccccc2NS(C)(=O)=O)c([N+](=O)[O-])c1. The number of carbonyl (C=O) groups is 2. The molecule has 0 saturated heterocycles. The van der Waals surface area contributed by atoms with E-state index >= 15 is 0 Å². The van der Waals surface area contributed by atoms with Crippen molar-refractivity contribution in [2.75, 3.05) is 22.9 Å². The van der Waals surface area contributed by atoms with Crippen LogP contribution >= 0.6 is 0 Å². The standard InChI is InChI=1S/C17H17N3O7S/c1-11-7-8-14(15(9-11)20(23)24)18-16(21)10-27-17(22)12-5-3-4-6-13(12)19-28(2,25)26/h3-9,19H,10H2,1-2H3,(H,18,21). The van der Waals surface area contributed by atoms with Gasteiger partial charge in [-0.15, -0.1) is 0 Å². The van der Waals surface area contributed by atoms with Gasteiger partial charge < -0.3 is 10.1 Å². The molecule has 0 spiro atoms. The number of rotatable bonds is 7. The number of aryl methyl sites for hydroxylation is 1. The highest BCUT2D eigenvalue weighted by Crippen LogP contribution is 2.25. The van der Waals surface area contributed by atoms with E-state index < -0.39 is 33.4 Å². The first kappa shape index (κ1) is 20.8. The number of nitrogens with zero attached hydrogens (tertiary/aromatic N) is 1. The van der Waals surface area contributed by atoms with Crippen molar-refractivity contribution in [3.63, 3.8) is 0 Å². The molecule has 10 nitrogen and oxygen atoms in total. The first-order valence-electron chi connectivity index (χ1n) is 7.85. The maximum Gasteiger partial charge on any atom is 0.340 e. The molecule has 2 aromatic carbocycles. The Morgan fingerprint density at radius 3 is 2.46 bits per heavy atom. The van der Waals surface area contributed by atoms with Gasteiger partial charge in [0.25, 0.3) is 11.6 Å². The van der Waals surface area contributed by atoms with E-state index in [1.807, 2.05) is 0 Å². The van der Waals surface area contributed by atoms with E-state index in [4.69, 9.17) is 4.74 Å². The maximum absolute atomic E-state index is 12.2. The van der Waals surface area contributed by atoms with Gasteiger partial charge in [0.05, 0.1) is 22.4 Å². The molecule has 0 heterocycles. The van der Waals surface area contributed by atoms with Crippen molar-refractivity contribution in [1.29, 1.82) is 0 Å². The predicted molar refractivity (Wildman–Crippen MR) is 102 cm³/mol. The third kappa shape index (κ3) is 5.77. The molecular weight excluding hydrogens is 390 g/mol. The Kier molecular flexibility index (Phi) is 6.31. The monoisotopic (exact) mass is 407 g/mol. The van der Waals surface area contributed by atoms with Crippen LogP contribution in [-0.4, -0.2) is 38.1 Å². The molecule has 0 bridgehead atoms. The molecule has 0 radical (unpaired) electrons. The van der Waals surface area contributed by atoms with Crippen molar-refractivity contribution in [3.05, 3.63) is 63.7 Å². The number of ether oxygens (including phenoxy) is 1. The number of nitrogens with one attached hydrogen (secondary N) is 2. The van der Waals surface area contributed by atoms with E-state index in [1.54, 1.807) is 13.0 Å². The highest BCUT2D eigenvalue weighted by Gasteiger charge is 2.19. The highest BCUT2D eigenvalue weighted by atomic mass is 32.2. The molecule has 148 valence electrons. The number of carbonyl (C=O) groups excluding carboxylic acids is 2. The number of amides is 1. The fourth-order valence-electron chi connectivity index (χ4n) is 2.24. The number of nitro groups is 1. The Hall–Kier alpha value is -3.47. The van der Waals surface area contributed by atoms with Crippen molar-refractivity contribution in [1.82, 2.24) is 0 Å². The Balaban J connectivity index is 2.06. The van der Waals surface area contributed by atoms with Crippen LogP contribution in [0.1, 0.15) is 15.9 Å². The number of nitro benzene ring substituents is 1. The number of para-hydroxylation sites is 1. The van der Waals surface area contributed by atoms with E-state index in [1.165, 1.54) is 36.4 Å². The van der Waals surface area contributed by atoms with E-state index in [0.717, 1.165) is 6.26 Å². The normalized spacial score (nSPS) is 10.8. The first-order valence-corrected chi connectivity index (χ1v) is 9.75. The molecule has 11 heteroatoms. The summed E-state index contributed by atoms with van der Waals surface area (Å²) < 4.78 is 29.8. The second-order valence-corrected chi connectivity index (χ2v) is 7.57. The van der Waals surface area contributed by atoms with Crippen LogP contribution in [0.3, 0.4) is 0 Å². The third-order valence-electron chi connectivity index (χ3n) is 3.40. The lowest BCUT2D eigenvalue weighted by atomic mass is 10.2. The minimum Gasteiger partial charge on any atom is -0.452 e. The molecule has 28 heavy (non-hydrogen) atoms. The molecular formula is C17H17N3O7S. The van der Waals surface area contributed by atoms with E-state index in [0.29, 0.717) is 5.56 Å². The van der Waals surface area contributed by atoms with Gasteiger partial charge >= 0.3 is 5.97 Å². The van der Waals surface area contributed by atoms with E-state index in [-0.39, 0.29) is 22.6 Å². The van der Waals surface area contributed by atoms with Crippen molar-refractivity contribution in [2.24, 2.45) is 0 Å². The summed E-state index contributed by atoms with van der Waals surface area (Å²) in [6.07, 6.45) is 0.928. The topological polar surface area (TPSA) is 145 Å². The van der Waals surface area contributed by atoms with E-state index in [9.17, 15) is 28.1 Å². The van der Waals surface area contributed by atoms with Crippen LogP contribution in [0.5, 0.6) is 0 Å². The molecule has 0 aliphatic rings. The fraction of sp³-hybridized carbons (Fsp3) is 0.176. The van der Waals surface area contributed by atoms with Crippen molar-refractivity contribution in [2.45, 2.75) is 6.92 Å². The van der Waals surface area contributed by atoms with Crippen molar-refractivity contribution < 1.29 is 27.7 Å². The number of hydrogen-bond donors (Lipinski definition) is 2. The highest BCUT2D eigenvalue weighted by molar-refractivity contribution is 7.92. The number of esters is 1. The number of hydrogen-bond acceptors (Lipinski definition) is 7. The zero-order chi connectivity index (χ0) is 20.9. The summed E-state index contributed by atoms with van der Waals surface area (Å²) in [6, 6.07) is 9.98. The lowest BCUT2D eigenvalue weighted by Crippen LogP contribution is -2.22. The molecule has 0 aromatic heterocycles. The maximum atomic E-state index is 12.2. The van der Waals surface area contributed by atoms with Gasteiger partial charge in [0.15, 0.2) is 6.61 Å². The largest absolute Gasteiger partial charge is 0.452 e. The van der Waals surface area contributed by atoms with Gasteiger partial charge in [0.2, 0.25) is 10.0 Å². The van der Waals surface area contributed by atoms with Gasteiger partial charge in [-0.2, -0.15) is 0 Å². The minimum absolute atomic E-state index is 0.00424. The molecule has 0 aliphatic heterocycles. The second-order valence-electron chi connectivity index (χ2n) is 5.82. The van der Waals surface area contributed by atoms with Crippen LogP contribution in [0, 0.1) is 17.0 Å². The summed E-state index contributed by atoms with van der Waals surface area (Å²) in [5.41, 5.74) is 0.246. The Bertz CT molecular complexity index is 1030. The zero-order valence-electron chi connectivity index (χ0n) is 15.0. The van der Waals surface area contributed by atoms with Gasteiger partial charge in [-0.1, -0.05) is 18.2 Å². The summed E-state index contributed by atoms with van der Waals surface area (Å²) in [7, 11) is -3.62. The van der Waals surface area contributed by atoms with Crippen LogP contribution in [0.4, 0.5) is 17.1 Å². The van der Waals surface area contributed by atoms with Crippen LogP contribution in [-0.2, 0) is 19.6 Å². The summed E-state index contributed by atoms with van der Waals surface area (Å²) in [6.45, 7) is 0.958. The van der Waals surface area contributed by atoms with Crippen molar-refractivity contribution in [3.8, 4) is 0 Å². The third-order valence-corrected chi connectivity index (χ3v) is 3.99. The minimum atomic E-state index is -3.62. The number of sulfonamides is 1. The molecule has 2 N–H and O–H groups in total. The summed E-state index contributed by atoms with van der Waals surface area (Å²) in [4.78, 5) is 34.6. The number of benzene rings is 2. The van der Waals surface area contributed by atoms with Crippen LogP contribution in [0.15, 0.2) is 42.5 Å². The Morgan fingerprint density at radius 2 is 1.82 bits per heavy atom. The van der Waals surface area contributed by atoms with Crippen molar-refractivity contribution >= 4 is 39.0 Å². The van der Waals surface area contributed by atoms with E-state index in [2.05, 4.69) is 10.0 Å². The van der Waals surface area contributed by atoms with Crippen LogP contribution in [0.2, 0.25) is 0 Å². The smallest absolute Gasteiger partial charge is 0.340 e. The molecule has 2 rings (SSSR count). The van der Waals surface area contributed by atoms with Gasteiger partial charge in [-0.25, -0.2) is 13.2 Å². The summed E-state index contributed by atoms with van der Waals surface area (Å²) in [5, 5.41) is 13.4. The molecule has 2 aromatic rings. The van der Waals surface area contributed by atoms with Crippen LogP contribution in [0.25, 0.3) is 0 Å². The quantitative estimate of drug-likeness (QED) is 0.406. The lowest BCUT2D eigenvalue weighted by molar-refractivity contribution is -0.384. The Morgan fingerprint density at radius 1 is 1.14 bits per heavy atom. The fourth-order valence-corrected chi connectivity index (χ4v) is 2.82. The average Bonchev–Trinajstić information content (AvgIpc) is 2.60.